The minimum absolute atomic E-state index is 0.0688. The highest BCUT2D eigenvalue weighted by Crippen LogP contribution is 2.31. The average Bonchev–Trinajstić information content (AvgIpc) is 2.45. The molecule has 6 heteroatoms. The maximum absolute atomic E-state index is 12.5. The van der Waals surface area contributed by atoms with Gasteiger partial charge in [-0.3, -0.25) is 14.9 Å². The van der Waals surface area contributed by atoms with E-state index in [1.165, 1.54) is 6.07 Å². The van der Waals surface area contributed by atoms with Gasteiger partial charge in [0.1, 0.15) is 5.69 Å². The summed E-state index contributed by atoms with van der Waals surface area (Å²) in [5, 5.41) is 13.8. The third-order valence-corrected chi connectivity index (χ3v) is 4.11. The van der Waals surface area contributed by atoms with Crippen molar-refractivity contribution in [3.63, 3.8) is 0 Å². The third kappa shape index (κ3) is 3.32. The molecular formula is C15H21N3O3. The van der Waals surface area contributed by atoms with Crippen LogP contribution in [-0.4, -0.2) is 35.9 Å². The number of anilines is 1. The fraction of sp³-hybridized carbons (Fsp3) is 0.533. The van der Waals surface area contributed by atoms with Crippen LogP contribution in [0.5, 0.6) is 0 Å². The quantitative estimate of drug-likeness (QED) is 0.686. The van der Waals surface area contributed by atoms with Crippen LogP contribution in [0.1, 0.15) is 37.0 Å². The van der Waals surface area contributed by atoms with Gasteiger partial charge in [-0.05, 0) is 30.4 Å². The van der Waals surface area contributed by atoms with E-state index in [-0.39, 0.29) is 17.0 Å². The predicted molar refractivity (Wildman–Crippen MR) is 81.6 cm³/mol. The highest BCUT2D eigenvalue weighted by Gasteiger charge is 2.29. The monoisotopic (exact) mass is 291 g/mol. The summed E-state index contributed by atoms with van der Waals surface area (Å²) in [6.07, 6.45) is 1.91. The Hall–Kier alpha value is -2.11. The zero-order chi connectivity index (χ0) is 15.6. The second kappa shape index (κ2) is 5.71. The van der Waals surface area contributed by atoms with Crippen LogP contribution in [0, 0.1) is 15.5 Å². The standard InChI is InChI=1S/C15H21N3O3/c1-15(2)6-8-17(9-7-15)14(19)11-4-5-12(16-3)13(10-11)18(20)21/h4-5,10,16H,6-9H2,1-3H3. The van der Waals surface area contributed by atoms with E-state index >= 15 is 0 Å². The van der Waals surface area contributed by atoms with Gasteiger partial charge >= 0.3 is 0 Å². The van der Waals surface area contributed by atoms with Gasteiger partial charge in [0.05, 0.1) is 4.92 Å². The van der Waals surface area contributed by atoms with Gasteiger partial charge in [-0.2, -0.15) is 0 Å². The van der Waals surface area contributed by atoms with Crippen molar-refractivity contribution in [1.29, 1.82) is 0 Å². The molecule has 1 aliphatic rings. The first-order valence-electron chi connectivity index (χ1n) is 7.09. The van der Waals surface area contributed by atoms with Gasteiger partial charge < -0.3 is 10.2 Å². The summed E-state index contributed by atoms with van der Waals surface area (Å²) in [5.41, 5.74) is 0.982. The Morgan fingerprint density at radius 1 is 1.33 bits per heavy atom. The molecule has 1 N–H and O–H groups in total. The van der Waals surface area contributed by atoms with Crippen molar-refractivity contribution in [2.75, 3.05) is 25.5 Å². The summed E-state index contributed by atoms with van der Waals surface area (Å²) in [5.74, 6) is -0.128. The van der Waals surface area contributed by atoms with E-state index in [1.54, 1.807) is 24.1 Å². The molecule has 6 nitrogen and oxygen atoms in total. The van der Waals surface area contributed by atoms with Gasteiger partial charge in [0.2, 0.25) is 0 Å². The second-order valence-corrected chi connectivity index (χ2v) is 6.20. The summed E-state index contributed by atoms with van der Waals surface area (Å²) in [6, 6.07) is 4.58. The van der Waals surface area contributed by atoms with E-state index in [4.69, 9.17) is 0 Å². The Balaban J connectivity index is 2.20. The number of rotatable bonds is 3. The van der Waals surface area contributed by atoms with Gasteiger partial charge in [-0.15, -0.1) is 0 Å². The van der Waals surface area contributed by atoms with E-state index in [0.29, 0.717) is 24.3 Å². The molecule has 0 aliphatic carbocycles. The first-order chi connectivity index (χ1) is 9.84. The molecule has 1 heterocycles. The topological polar surface area (TPSA) is 75.5 Å². The van der Waals surface area contributed by atoms with Gasteiger partial charge in [-0.25, -0.2) is 0 Å². The van der Waals surface area contributed by atoms with E-state index in [0.717, 1.165) is 12.8 Å². The Bertz CT molecular complexity index is 559. The number of nitrogens with one attached hydrogen (secondary N) is 1. The number of benzene rings is 1. The van der Waals surface area contributed by atoms with Gasteiger partial charge in [0.15, 0.2) is 0 Å². The Morgan fingerprint density at radius 2 is 1.95 bits per heavy atom. The van der Waals surface area contributed by atoms with Crippen LogP contribution in [0.25, 0.3) is 0 Å². The third-order valence-electron chi connectivity index (χ3n) is 4.11. The summed E-state index contributed by atoms with van der Waals surface area (Å²) in [4.78, 5) is 24.8. The number of hydrogen-bond donors (Lipinski definition) is 1. The lowest BCUT2D eigenvalue weighted by atomic mass is 9.82. The molecule has 0 radical (unpaired) electrons. The molecule has 21 heavy (non-hydrogen) atoms. The molecule has 114 valence electrons. The molecule has 1 saturated heterocycles. The molecule has 1 amide bonds. The molecule has 1 aromatic rings. The van der Waals surface area contributed by atoms with Crippen LogP contribution in [-0.2, 0) is 0 Å². The largest absolute Gasteiger partial charge is 0.383 e. The summed E-state index contributed by atoms with van der Waals surface area (Å²) in [7, 11) is 1.62. The molecule has 0 saturated carbocycles. The Kier molecular flexibility index (Phi) is 4.16. The smallest absolute Gasteiger partial charge is 0.293 e. The average molecular weight is 291 g/mol. The lowest BCUT2D eigenvalue weighted by Gasteiger charge is -2.36. The van der Waals surface area contributed by atoms with E-state index < -0.39 is 4.92 Å². The summed E-state index contributed by atoms with van der Waals surface area (Å²) >= 11 is 0. The normalized spacial score (nSPS) is 17.4. The molecule has 0 unspecified atom stereocenters. The van der Waals surface area contributed by atoms with Crippen molar-refractivity contribution in [3.8, 4) is 0 Å². The number of nitro benzene ring substituents is 1. The molecule has 1 aromatic carbocycles. The minimum Gasteiger partial charge on any atom is -0.383 e. The zero-order valence-corrected chi connectivity index (χ0v) is 12.7. The number of piperidine rings is 1. The van der Waals surface area contributed by atoms with Gasteiger partial charge in [-0.1, -0.05) is 13.8 Å². The molecule has 0 atom stereocenters. The molecule has 0 aromatic heterocycles. The molecule has 1 fully saturated rings. The SMILES string of the molecule is CNc1ccc(C(=O)N2CCC(C)(C)CC2)cc1[N+](=O)[O-]. The number of nitro groups is 1. The highest BCUT2D eigenvalue weighted by molar-refractivity contribution is 5.95. The zero-order valence-electron chi connectivity index (χ0n) is 12.7. The molecule has 0 spiro atoms. The van der Waals surface area contributed by atoms with E-state index in [2.05, 4.69) is 19.2 Å². The molecule has 1 aliphatic heterocycles. The predicted octanol–water partition coefficient (Wildman–Crippen LogP) is 2.90. The van der Waals surface area contributed by atoms with Crippen LogP contribution in [0.15, 0.2) is 18.2 Å². The van der Waals surface area contributed by atoms with Crippen LogP contribution < -0.4 is 5.32 Å². The van der Waals surface area contributed by atoms with Crippen molar-refractivity contribution >= 4 is 17.3 Å². The maximum atomic E-state index is 12.5. The minimum atomic E-state index is -0.470. The molecule has 0 bridgehead atoms. The van der Waals surface area contributed by atoms with Crippen LogP contribution >= 0.6 is 0 Å². The first kappa shape index (κ1) is 15.3. The number of nitrogens with zero attached hydrogens (tertiary/aromatic N) is 2. The highest BCUT2D eigenvalue weighted by atomic mass is 16.6. The summed E-state index contributed by atoms with van der Waals surface area (Å²) in [6.45, 7) is 5.80. The van der Waals surface area contributed by atoms with Gasteiger partial charge in [0, 0.05) is 31.8 Å². The van der Waals surface area contributed by atoms with Crippen molar-refractivity contribution < 1.29 is 9.72 Å². The van der Waals surface area contributed by atoms with Crippen LogP contribution in [0.2, 0.25) is 0 Å². The number of amides is 1. The van der Waals surface area contributed by atoms with Crippen LogP contribution in [0.4, 0.5) is 11.4 Å². The van der Waals surface area contributed by atoms with Crippen molar-refractivity contribution in [3.05, 3.63) is 33.9 Å². The molecule has 2 rings (SSSR count). The van der Waals surface area contributed by atoms with Gasteiger partial charge in [0.25, 0.3) is 11.6 Å². The van der Waals surface area contributed by atoms with Crippen molar-refractivity contribution in [1.82, 2.24) is 4.90 Å². The van der Waals surface area contributed by atoms with Crippen molar-refractivity contribution in [2.45, 2.75) is 26.7 Å². The van der Waals surface area contributed by atoms with Crippen molar-refractivity contribution in [2.24, 2.45) is 5.41 Å². The lowest BCUT2D eigenvalue weighted by Crippen LogP contribution is -2.41. The Morgan fingerprint density at radius 3 is 2.48 bits per heavy atom. The second-order valence-electron chi connectivity index (χ2n) is 6.20. The fourth-order valence-electron chi connectivity index (χ4n) is 2.52. The fourth-order valence-corrected chi connectivity index (χ4v) is 2.52. The number of likely N-dealkylation sites (tertiary alicyclic amines) is 1. The lowest BCUT2D eigenvalue weighted by molar-refractivity contribution is -0.384. The number of carbonyl (C=O) groups is 1. The number of hydrogen-bond acceptors (Lipinski definition) is 4. The van der Waals surface area contributed by atoms with E-state index in [1.807, 2.05) is 0 Å². The first-order valence-corrected chi connectivity index (χ1v) is 7.09. The maximum Gasteiger partial charge on any atom is 0.293 e. The molecular weight excluding hydrogens is 270 g/mol. The number of carbonyl (C=O) groups excluding carboxylic acids is 1. The van der Waals surface area contributed by atoms with Crippen LogP contribution in [0.3, 0.4) is 0 Å². The summed E-state index contributed by atoms with van der Waals surface area (Å²) < 4.78 is 0. The Labute approximate surface area is 124 Å². The van der Waals surface area contributed by atoms with E-state index in [9.17, 15) is 14.9 Å².